The van der Waals surface area contributed by atoms with Gasteiger partial charge < -0.3 is 15.5 Å². The van der Waals surface area contributed by atoms with E-state index in [4.69, 9.17) is 15.7 Å². The molecule has 1 saturated heterocycles. The summed E-state index contributed by atoms with van der Waals surface area (Å²) in [5.74, 6) is 1.46. The van der Waals surface area contributed by atoms with E-state index in [2.05, 4.69) is 41.1 Å². The van der Waals surface area contributed by atoms with Crippen LogP contribution in [-0.2, 0) is 12.8 Å². The number of hydrogen-bond donors (Lipinski definition) is 1. The highest BCUT2D eigenvalue weighted by atomic mass is 15.2. The Kier molecular flexibility index (Phi) is 5.17. The third kappa shape index (κ3) is 3.61. The van der Waals surface area contributed by atoms with E-state index in [0.717, 1.165) is 36.8 Å². The van der Waals surface area contributed by atoms with Crippen molar-refractivity contribution in [1.82, 2.24) is 14.9 Å². The number of aryl methyl sites for hydroxylation is 1. The van der Waals surface area contributed by atoms with Crippen molar-refractivity contribution in [3.05, 3.63) is 35.4 Å². The summed E-state index contributed by atoms with van der Waals surface area (Å²) in [6, 6.07) is 9.99. The Balaban J connectivity index is 1.41. The van der Waals surface area contributed by atoms with Gasteiger partial charge in [0.05, 0.1) is 5.69 Å². The van der Waals surface area contributed by atoms with E-state index < -0.39 is 0 Å². The molecule has 0 unspecified atom stereocenters. The van der Waals surface area contributed by atoms with Crippen LogP contribution in [-0.4, -0.2) is 47.1 Å². The number of rotatable bonds is 3. The number of nitrogens with zero attached hydrogens (tertiary/aromatic N) is 4. The third-order valence-electron chi connectivity index (χ3n) is 7.35. The topological polar surface area (TPSA) is 58.3 Å². The lowest BCUT2D eigenvalue weighted by Crippen LogP contribution is -2.42. The van der Waals surface area contributed by atoms with Crippen molar-refractivity contribution in [3.8, 4) is 11.3 Å². The maximum Gasteiger partial charge on any atom is 0.222 e. The Hall–Kier alpha value is -2.14. The molecule has 1 aromatic heterocycles. The van der Waals surface area contributed by atoms with Gasteiger partial charge in [-0.25, -0.2) is 4.98 Å². The Morgan fingerprint density at radius 1 is 0.966 bits per heavy atom. The van der Waals surface area contributed by atoms with Crippen molar-refractivity contribution in [2.24, 2.45) is 0 Å². The van der Waals surface area contributed by atoms with E-state index in [-0.39, 0.29) is 0 Å². The number of nitrogen functional groups attached to an aromatic ring is 1. The van der Waals surface area contributed by atoms with Gasteiger partial charge in [-0.05, 0) is 76.4 Å². The fraction of sp³-hybridized carbons (Fsp3) is 0.583. The fourth-order valence-electron chi connectivity index (χ4n) is 5.75. The van der Waals surface area contributed by atoms with Crippen molar-refractivity contribution >= 4 is 11.8 Å². The number of hydrogen-bond acceptors (Lipinski definition) is 5. The molecule has 0 atom stereocenters. The minimum atomic E-state index is 0.396. The molecular formula is C24H33N5. The van der Waals surface area contributed by atoms with Crippen molar-refractivity contribution in [2.75, 3.05) is 30.8 Å². The molecule has 5 heteroatoms. The summed E-state index contributed by atoms with van der Waals surface area (Å²) < 4.78 is 0. The molecule has 2 N–H and O–H groups in total. The molecule has 5 rings (SSSR count). The van der Waals surface area contributed by atoms with Crippen molar-refractivity contribution < 1.29 is 0 Å². The normalized spacial score (nSPS) is 24.6. The van der Waals surface area contributed by atoms with Gasteiger partial charge in [0.1, 0.15) is 5.82 Å². The first-order valence-corrected chi connectivity index (χ1v) is 11.4. The summed E-state index contributed by atoms with van der Waals surface area (Å²) in [5.41, 5.74) is 11.2. The molecule has 1 aliphatic heterocycles. The molecule has 2 fully saturated rings. The minimum Gasteiger partial charge on any atom is -0.368 e. The van der Waals surface area contributed by atoms with Crippen LogP contribution in [0.5, 0.6) is 0 Å². The molecule has 0 spiro atoms. The first kappa shape index (κ1) is 18.9. The zero-order chi connectivity index (χ0) is 19.8. The highest BCUT2D eigenvalue weighted by Crippen LogP contribution is 2.38. The monoisotopic (exact) mass is 391 g/mol. The molecule has 154 valence electrons. The summed E-state index contributed by atoms with van der Waals surface area (Å²) in [4.78, 5) is 14.6. The van der Waals surface area contributed by atoms with Crippen molar-refractivity contribution in [2.45, 2.75) is 69.9 Å². The summed E-state index contributed by atoms with van der Waals surface area (Å²) >= 11 is 0. The quantitative estimate of drug-likeness (QED) is 0.855. The van der Waals surface area contributed by atoms with Crippen molar-refractivity contribution in [1.29, 1.82) is 0 Å². The van der Waals surface area contributed by atoms with Gasteiger partial charge in [-0.1, -0.05) is 24.3 Å². The van der Waals surface area contributed by atoms with Crippen LogP contribution in [0.25, 0.3) is 11.3 Å². The maximum atomic E-state index is 6.21. The molecular weight excluding hydrogens is 358 g/mol. The fourth-order valence-corrected chi connectivity index (χ4v) is 5.75. The van der Waals surface area contributed by atoms with Gasteiger partial charge >= 0.3 is 0 Å². The zero-order valence-electron chi connectivity index (χ0n) is 17.6. The Morgan fingerprint density at radius 2 is 1.72 bits per heavy atom. The van der Waals surface area contributed by atoms with Gasteiger partial charge in [0.2, 0.25) is 5.95 Å². The summed E-state index contributed by atoms with van der Waals surface area (Å²) in [6.45, 7) is 2.61. The van der Waals surface area contributed by atoms with E-state index in [0.29, 0.717) is 12.0 Å². The second-order valence-electron chi connectivity index (χ2n) is 9.06. The number of fused-ring (bicyclic) bond motifs is 3. The first-order valence-electron chi connectivity index (χ1n) is 11.4. The average Bonchev–Trinajstić information content (AvgIpc) is 3.23. The number of benzene rings is 1. The minimum absolute atomic E-state index is 0.396. The van der Waals surface area contributed by atoms with Crippen LogP contribution in [0.4, 0.5) is 11.8 Å². The molecule has 3 aliphatic rings. The van der Waals surface area contributed by atoms with Gasteiger partial charge in [-0.15, -0.1) is 0 Å². The maximum absolute atomic E-state index is 6.21. The summed E-state index contributed by atoms with van der Waals surface area (Å²) in [6.07, 6.45) is 11.1. The standard InChI is InChI=1S/C24H33N5/c1-28(18-11-13-19(14-12-18)29-15-4-5-16-29)23-21-10-6-8-17-7-2-3-9-20(17)22(21)26-24(25)27-23/h2-3,7,9,18-19H,4-6,8,10-16H2,1H3,(H2,25,26,27)/t18-,19+. The number of likely N-dealkylation sites (tertiary alicyclic amines) is 1. The van der Waals surface area contributed by atoms with Gasteiger partial charge in [0.15, 0.2) is 0 Å². The van der Waals surface area contributed by atoms with Gasteiger partial charge in [0.25, 0.3) is 0 Å². The zero-order valence-corrected chi connectivity index (χ0v) is 17.6. The molecule has 1 aromatic carbocycles. The summed E-state index contributed by atoms with van der Waals surface area (Å²) in [7, 11) is 2.22. The highest BCUT2D eigenvalue weighted by molar-refractivity contribution is 5.74. The molecule has 2 heterocycles. The van der Waals surface area contributed by atoms with Gasteiger partial charge in [-0.3, -0.25) is 0 Å². The second kappa shape index (κ2) is 7.94. The molecule has 5 nitrogen and oxygen atoms in total. The number of aromatic nitrogens is 2. The van der Waals surface area contributed by atoms with Crippen LogP contribution in [0, 0.1) is 0 Å². The Morgan fingerprint density at radius 3 is 2.52 bits per heavy atom. The largest absolute Gasteiger partial charge is 0.368 e. The lowest BCUT2D eigenvalue weighted by atomic mass is 9.89. The van der Waals surface area contributed by atoms with Crippen LogP contribution < -0.4 is 10.6 Å². The smallest absolute Gasteiger partial charge is 0.222 e. The first-order chi connectivity index (χ1) is 14.2. The van der Waals surface area contributed by atoms with Gasteiger partial charge in [0, 0.05) is 30.3 Å². The third-order valence-corrected chi connectivity index (χ3v) is 7.35. The van der Waals surface area contributed by atoms with Crippen LogP contribution in [0.3, 0.4) is 0 Å². The van der Waals surface area contributed by atoms with Crippen LogP contribution >= 0.6 is 0 Å². The van der Waals surface area contributed by atoms with E-state index in [1.54, 1.807) is 0 Å². The predicted molar refractivity (Wildman–Crippen MR) is 119 cm³/mol. The van der Waals surface area contributed by atoms with Crippen molar-refractivity contribution in [3.63, 3.8) is 0 Å². The van der Waals surface area contributed by atoms with E-state index in [1.165, 1.54) is 68.3 Å². The van der Waals surface area contributed by atoms with E-state index in [1.807, 2.05) is 0 Å². The van der Waals surface area contributed by atoms with Gasteiger partial charge in [-0.2, -0.15) is 4.98 Å². The Bertz CT molecular complexity index is 866. The highest BCUT2D eigenvalue weighted by Gasteiger charge is 2.31. The second-order valence-corrected chi connectivity index (χ2v) is 9.06. The van der Waals surface area contributed by atoms with Crippen LogP contribution in [0.15, 0.2) is 24.3 Å². The molecule has 29 heavy (non-hydrogen) atoms. The molecule has 2 aliphatic carbocycles. The number of nitrogens with two attached hydrogens (primary N) is 1. The lowest BCUT2D eigenvalue weighted by Gasteiger charge is -2.39. The Labute approximate surface area is 174 Å². The molecule has 1 saturated carbocycles. The molecule has 0 bridgehead atoms. The molecule has 0 amide bonds. The molecule has 0 radical (unpaired) electrons. The van der Waals surface area contributed by atoms with Crippen LogP contribution in [0.2, 0.25) is 0 Å². The summed E-state index contributed by atoms with van der Waals surface area (Å²) in [5, 5.41) is 0. The SMILES string of the molecule is CN(c1nc(N)nc2c1CCCc1ccccc1-2)[C@H]1CC[C@@H](N2CCCC2)CC1. The van der Waals surface area contributed by atoms with Crippen LogP contribution in [0.1, 0.15) is 56.1 Å². The lowest BCUT2D eigenvalue weighted by molar-refractivity contribution is 0.181. The average molecular weight is 392 g/mol. The van der Waals surface area contributed by atoms with E-state index >= 15 is 0 Å². The number of anilines is 2. The predicted octanol–water partition coefficient (Wildman–Crippen LogP) is 4.06. The molecule has 2 aromatic rings. The van der Waals surface area contributed by atoms with E-state index in [9.17, 15) is 0 Å².